The molecule has 1 heterocycles. The van der Waals surface area contributed by atoms with Crippen LogP contribution in [0.5, 0.6) is 0 Å². The number of aromatic amines is 1. The van der Waals surface area contributed by atoms with Gasteiger partial charge in [-0.05, 0) is 63.7 Å². The van der Waals surface area contributed by atoms with Crippen molar-refractivity contribution in [3.8, 4) is 0 Å². The molecule has 5 heteroatoms. The van der Waals surface area contributed by atoms with E-state index >= 15 is 0 Å². The van der Waals surface area contributed by atoms with E-state index in [2.05, 4.69) is 35.3 Å². The molecular weight excluding hydrogens is 508 g/mol. The fourth-order valence-corrected chi connectivity index (χ4v) is 6.17. The molecule has 41 heavy (non-hydrogen) atoms. The standard InChI is InChI=1S/C36H32N2O3/c1-24(39)38(23-26-16-18-28-10-4-6-12-30(28)20-26)36(2,35(40)41)33(32-22-37-34-14-8-7-13-31(32)34)21-25-15-17-27-9-3-5-11-29(27)19-25/h3-20,22,33,37H,21,23H2,1-2H3,(H,40,41)/t33?,36-/m1/s1. The lowest BCUT2D eigenvalue weighted by Gasteiger charge is -2.43. The molecule has 0 bridgehead atoms. The van der Waals surface area contributed by atoms with Crippen LogP contribution in [0, 0.1) is 0 Å². The van der Waals surface area contributed by atoms with Gasteiger partial charge in [-0.25, -0.2) is 4.79 Å². The Morgan fingerprint density at radius 2 is 1.34 bits per heavy atom. The molecular formula is C36H32N2O3. The number of rotatable bonds is 8. The van der Waals surface area contributed by atoms with Crippen molar-refractivity contribution in [2.24, 2.45) is 0 Å². The van der Waals surface area contributed by atoms with Crippen LogP contribution < -0.4 is 0 Å². The summed E-state index contributed by atoms with van der Waals surface area (Å²) in [6.45, 7) is 3.34. The van der Waals surface area contributed by atoms with Gasteiger partial charge < -0.3 is 15.0 Å². The van der Waals surface area contributed by atoms with Gasteiger partial charge in [0.05, 0.1) is 0 Å². The number of para-hydroxylation sites is 1. The predicted molar refractivity (Wildman–Crippen MR) is 165 cm³/mol. The maximum atomic E-state index is 13.4. The van der Waals surface area contributed by atoms with E-state index in [1.54, 1.807) is 6.92 Å². The zero-order valence-corrected chi connectivity index (χ0v) is 23.2. The van der Waals surface area contributed by atoms with Gasteiger partial charge in [-0.1, -0.05) is 97.1 Å². The maximum absolute atomic E-state index is 13.4. The lowest BCUT2D eigenvalue weighted by Crippen LogP contribution is -2.58. The Balaban J connectivity index is 1.49. The summed E-state index contributed by atoms with van der Waals surface area (Å²) in [4.78, 5) is 31.7. The molecule has 6 aromatic rings. The van der Waals surface area contributed by atoms with Gasteiger partial charge in [-0.3, -0.25) is 4.79 Å². The molecule has 0 aliphatic carbocycles. The Bertz CT molecular complexity index is 1910. The first-order valence-electron chi connectivity index (χ1n) is 13.9. The number of amides is 1. The molecule has 1 aromatic heterocycles. The number of H-pyrrole nitrogens is 1. The molecule has 0 radical (unpaired) electrons. The van der Waals surface area contributed by atoms with E-state index in [1.165, 1.54) is 11.8 Å². The number of carboxylic acid groups (broad SMARTS) is 1. The van der Waals surface area contributed by atoms with E-state index in [1.807, 2.05) is 85.1 Å². The summed E-state index contributed by atoms with van der Waals surface area (Å²) < 4.78 is 0. The zero-order chi connectivity index (χ0) is 28.6. The minimum Gasteiger partial charge on any atom is -0.479 e. The highest BCUT2D eigenvalue weighted by Gasteiger charge is 2.49. The molecule has 1 amide bonds. The quantitative estimate of drug-likeness (QED) is 0.208. The third-order valence-electron chi connectivity index (χ3n) is 8.46. The second-order valence-corrected chi connectivity index (χ2v) is 11.0. The Morgan fingerprint density at radius 3 is 1.98 bits per heavy atom. The molecule has 5 aromatic carbocycles. The van der Waals surface area contributed by atoms with Gasteiger partial charge in [-0.15, -0.1) is 0 Å². The van der Waals surface area contributed by atoms with Crippen molar-refractivity contribution in [3.63, 3.8) is 0 Å². The van der Waals surface area contributed by atoms with Crippen molar-refractivity contribution in [3.05, 3.63) is 132 Å². The molecule has 0 aliphatic rings. The highest BCUT2D eigenvalue weighted by molar-refractivity contribution is 5.90. The normalized spacial score (nSPS) is 13.7. The second-order valence-electron chi connectivity index (χ2n) is 11.0. The van der Waals surface area contributed by atoms with E-state index in [9.17, 15) is 14.7 Å². The van der Waals surface area contributed by atoms with Gasteiger partial charge in [0.15, 0.2) is 0 Å². The van der Waals surface area contributed by atoms with Crippen LogP contribution in [0.4, 0.5) is 0 Å². The van der Waals surface area contributed by atoms with E-state index in [0.29, 0.717) is 6.42 Å². The monoisotopic (exact) mass is 540 g/mol. The molecule has 6 rings (SSSR count). The van der Waals surface area contributed by atoms with E-state index in [4.69, 9.17) is 0 Å². The van der Waals surface area contributed by atoms with Crippen LogP contribution in [0.1, 0.15) is 36.5 Å². The Kier molecular flexibility index (Phi) is 6.80. The fourth-order valence-electron chi connectivity index (χ4n) is 6.17. The summed E-state index contributed by atoms with van der Waals surface area (Å²) >= 11 is 0. The molecule has 0 fully saturated rings. The number of aliphatic carboxylic acids is 1. The Morgan fingerprint density at radius 1 is 0.780 bits per heavy atom. The van der Waals surface area contributed by atoms with Crippen molar-refractivity contribution in [1.29, 1.82) is 0 Å². The zero-order valence-electron chi connectivity index (χ0n) is 23.2. The maximum Gasteiger partial charge on any atom is 0.330 e. The predicted octanol–water partition coefficient (Wildman–Crippen LogP) is 7.69. The molecule has 204 valence electrons. The lowest BCUT2D eigenvalue weighted by molar-refractivity contribution is -0.160. The number of hydrogen-bond donors (Lipinski definition) is 2. The van der Waals surface area contributed by atoms with Gasteiger partial charge in [0.2, 0.25) is 5.91 Å². The topological polar surface area (TPSA) is 73.4 Å². The van der Waals surface area contributed by atoms with Gasteiger partial charge in [0, 0.05) is 36.5 Å². The average molecular weight is 541 g/mol. The smallest absolute Gasteiger partial charge is 0.330 e. The number of aromatic nitrogens is 1. The molecule has 0 aliphatic heterocycles. The summed E-state index contributed by atoms with van der Waals surface area (Å²) in [5.41, 5.74) is 2.16. The van der Waals surface area contributed by atoms with Crippen LogP contribution in [-0.4, -0.2) is 32.4 Å². The van der Waals surface area contributed by atoms with E-state index in [-0.39, 0.29) is 12.5 Å². The summed E-state index contributed by atoms with van der Waals surface area (Å²) in [6.07, 6.45) is 2.35. The van der Waals surface area contributed by atoms with Crippen molar-refractivity contribution >= 4 is 44.3 Å². The van der Waals surface area contributed by atoms with E-state index < -0.39 is 17.4 Å². The highest BCUT2D eigenvalue weighted by Crippen LogP contribution is 2.41. The number of carbonyl (C=O) groups is 2. The molecule has 0 saturated heterocycles. The minimum absolute atomic E-state index is 0.180. The number of nitrogens with zero attached hydrogens (tertiary/aromatic N) is 1. The lowest BCUT2D eigenvalue weighted by atomic mass is 9.75. The summed E-state index contributed by atoms with van der Waals surface area (Å²) in [5, 5.41) is 16.3. The van der Waals surface area contributed by atoms with Crippen LogP contribution in [0.3, 0.4) is 0 Å². The third kappa shape index (κ3) is 4.84. The summed E-state index contributed by atoms with van der Waals surface area (Å²) in [5.74, 6) is -1.86. The van der Waals surface area contributed by atoms with Crippen LogP contribution in [-0.2, 0) is 22.6 Å². The van der Waals surface area contributed by atoms with Gasteiger partial charge in [-0.2, -0.15) is 0 Å². The molecule has 2 atom stereocenters. The fraction of sp³-hybridized carbons (Fsp3) is 0.167. The first-order valence-corrected chi connectivity index (χ1v) is 13.9. The summed E-state index contributed by atoms with van der Waals surface area (Å²) in [7, 11) is 0. The summed E-state index contributed by atoms with van der Waals surface area (Å²) in [6, 6.07) is 36.4. The molecule has 0 saturated carbocycles. The van der Waals surface area contributed by atoms with Crippen LogP contribution >= 0.6 is 0 Å². The van der Waals surface area contributed by atoms with Crippen molar-refractivity contribution in [2.45, 2.75) is 38.3 Å². The highest BCUT2D eigenvalue weighted by atomic mass is 16.4. The largest absolute Gasteiger partial charge is 0.479 e. The van der Waals surface area contributed by atoms with Gasteiger partial charge in [0.25, 0.3) is 0 Å². The number of hydrogen-bond acceptors (Lipinski definition) is 2. The number of nitrogens with one attached hydrogen (secondary N) is 1. The van der Waals surface area contributed by atoms with Gasteiger partial charge in [0.1, 0.15) is 5.54 Å². The number of carboxylic acids is 1. The molecule has 1 unspecified atom stereocenters. The van der Waals surface area contributed by atoms with Crippen LogP contribution in [0.25, 0.3) is 32.4 Å². The SMILES string of the molecule is CC(=O)N(Cc1ccc2ccccc2c1)[C@@](C)(C(=O)O)C(Cc1ccc2ccccc2c1)c1c[nH]c2ccccc12. The third-order valence-corrected chi connectivity index (χ3v) is 8.46. The number of benzene rings is 5. The average Bonchev–Trinajstić information content (AvgIpc) is 3.41. The first kappa shape index (κ1) is 26.3. The molecule has 5 nitrogen and oxygen atoms in total. The van der Waals surface area contributed by atoms with Crippen LogP contribution in [0.15, 0.2) is 115 Å². The van der Waals surface area contributed by atoms with Crippen molar-refractivity contribution in [2.75, 3.05) is 0 Å². The molecule has 2 N–H and O–H groups in total. The molecule has 0 spiro atoms. The second kappa shape index (κ2) is 10.6. The Labute approximate surface area is 239 Å². The minimum atomic E-state index is -1.55. The number of carbonyl (C=O) groups excluding carboxylic acids is 1. The van der Waals surface area contributed by atoms with Gasteiger partial charge >= 0.3 is 5.97 Å². The number of fused-ring (bicyclic) bond motifs is 3. The Hall–Kier alpha value is -4.90. The van der Waals surface area contributed by atoms with Crippen molar-refractivity contribution in [1.82, 2.24) is 9.88 Å². The van der Waals surface area contributed by atoms with E-state index in [0.717, 1.165) is 49.1 Å². The van der Waals surface area contributed by atoms with Crippen molar-refractivity contribution < 1.29 is 14.7 Å². The van der Waals surface area contributed by atoms with Crippen LogP contribution in [0.2, 0.25) is 0 Å². The first-order chi connectivity index (χ1) is 19.8.